The highest BCUT2D eigenvalue weighted by Gasteiger charge is 2.79. The molecular formula is C20H46Si6. The van der Waals surface area contributed by atoms with E-state index in [9.17, 15) is 0 Å². The van der Waals surface area contributed by atoms with Gasteiger partial charge >= 0.3 is 0 Å². The first-order valence-electron chi connectivity index (χ1n) is 10.9. The standard InChI is InChI=1S/C20H46Si6/c1-15-25(17(21(3,4)5)18(25)22(6,7)8)26(16-2)19(23(9,10)11)20(26)24(12,13)14/h15-16H2,1-14H3. The van der Waals surface area contributed by atoms with Crippen molar-refractivity contribution in [3.05, 3.63) is 19.3 Å². The van der Waals surface area contributed by atoms with Crippen molar-refractivity contribution in [3.8, 4) is 0 Å². The Balaban J connectivity index is 2.75. The average molecular weight is 455 g/mol. The maximum absolute atomic E-state index is 2.68. The largest absolute Gasteiger partial charge is 0.0998 e. The molecule has 0 radical (unpaired) electrons. The van der Waals surface area contributed by atoms with Gasteiger partial charge in [-0.1, -0.05) is 124 Å². The maximum atomic E-state index is 2.68. The van der Waals surface area contributed by atoms with Gasteiger partial charge in [0, 0.05) is 0 Å². The van der Waals surface area contributed by atoms with Crippen molar-refractivity contribution >= 4 is 47.5 Å². The predicted molar refractivity (Wildman–Crippen MR) is 140 cm³/mol. The fraction of sp³-hybridized carbons (Fsp3) is 0.800. The van der Waals surface area contributed by atoms with Crippen molar-refractivity contribution in [3.63, 3.8) is 0 Å². The minimum atomic E-state index is -1.33. The summed E-state index contributed by atoms with van der Waals surface area (Å²) in [4.78, 5) is 8.85. The van der Waals surface area contributed by atoms with Crippen molar-refractivity contribution in [1.29, 1.82) is 0 Å². The lowest BCUT2D eigenvalue weighted by Crippen LogP contribution is -2.58. The Morgan fingerprint density at radius 1 is 0.423 bits per heavy atom. The lowest BCUT2D eigenvalue weighted by Gasteiger charge is -2.37. The average Bonchev–Trinajstić information content (AvgIpc) is 3.24. The molecular weight excluding hydrogens is 409 g/mol. The van der Waals surface area contributed by atoms with E-state index in [2.05, 4.69) is 112 Å². The molecule has 0 fully saturated rings. The molecule has 0 saturated heterocycles. The second-order valence-corrected chi connectivity index (χ2v) is 47.2. The molecule has 0 nitrogen and oxygen atoms in total. The fourth-order valence-electron chi connectivity index (χ4n) is 6.87. The van der Waals surface area contributed by atoms with Crippen molar-refractivity contribution in [2.45, 2.75) is 104 Å². The monoisotopic (exact) mass is 454 g/mol. The Hall–Kier alpha value is 0.781. The van der Waals surface area contributed by atoms with Crippen LogP contribution in [0.4, 0.5) is 0 Å². The summed E-state index contributed by atoms with van der Waals surface area (Å²) in [5, 5.41) is 0. The highest BCUT2D eigenvalue weighted by molar-refractivity contribution is 7.70. The van der Waals surface area contributed by atoms with E-state index in [0.29, 0.717) is 0 Å². The van der Waals surface area contributed by atoms with Gasteiger partial charge in [-0.15, -0.1) is 0 Å². The van der Waals surface area contributed by atoms with Gasteiger partial charge in [0.2, 0.25) is 0 Å². The molecule has 26 heavy (non-hydrogen) atoms. The lowest BCUT2D eigenvalue weighted by atomic mass is 11.0. The quantitative estimate of drug-likeness (QED) is 0.354. The highest BCUT2D eigenvalue weighted by Crippen LogP contribution is 2.69. The summed E-state index contributed by atoms with van der Waals surface area (Å²) in [6, 6.07) is 3.10. The summed E-state index contributed by atoms with van der Waals surface area (Å²) in [7, 11) is -7.46. The molecule has 0 N–H and O–H groups in total. The highest BCUT2D eigenvalue weighted by atomic mass is 29.3. The Morgan fingerprint density at radius 2 is 0.577 bits per heavy atom. The van der Waals surface area contributed by atoms with Gasteiger partial charge in [-0.25, -0.2) is 0 Å². The first-order valence-corrected chi connectivity index (χ1v) is 30.3. The second kappa shape index (κ2) is 6.14. The van der Waals surface area contributed by atoms with Crippen LogP contribution in [0.15, 0.2) is 19.3 Å². The van der Waals surface area contributed by atoms with Gasteiger partial charge in [0.1, 0.15) is 0 Å². The van der Waals surface area contributed by atoms with Crippen molar-refractivity contribution in [2.75, 3.05) is 0 Å². The first-order chi connectivity index (χ1) is 11.3. The molecule has 0 bridgehead atoms. The fourth-order valence-corrected chi connectivity index (χ4v) is 85.3. The molecule has 2 aliphatic rings. The molecule has 0 aromatic heterocycles. The Morgan fingerprint density at radius 3 is 0.654 bits per heavy atom. The van der Waals surface area contributed by atoms with Crippen molar-refractivity contribution < 1.29 is 0 Å². The summed E-state index contributed by atoms with van der Waals surface area (Å²) < 4.78 is 0. The van der Waals surface area contributed by atoms with Crippen LogP contribution in [-0.2, 0) is 0 Å². The van der Waals surface area contributed by atoms with Gasteiger partial charge in [-0.3, -0.25) is 0 Å². The SMILES string of the molecule is CC[Si]1([Si]2(CC)C([Si](C)(C)C)=C2[Si](C)(C)C)C([Si](C)(C)C)=C1[Si](C)(C)C. The van der Waals surface area contributed by atoms with Gasteiger partial charge in [0.25, 0.3) is 0 Å². The van der Waals surface area contributed by atoms with Gasteiger partial charge in [0.15, 0.2) is 0 Å². The van der Waals surface area contributed by atoms with Crippen LogP contribution in [0.25, 0.3) is 0 Å². The van der Waals surface area contributed by atoms with Crippen LogP contribution in [0.1, 0.15) is 13.8 Å². The molecule has 0 spiro atoms. The zero-order valence-corrected chi connectivity index (χ0v) is 26.4. The van der Waals surface area contributed by atoms with E-state index in [1.807, 2.05) is 0 Å². The van der Waals surface area contributed by atoms with Crippen LogP contribution >= 0.6 is 0 Å². The molecule has 0 amide bonds. The van der Waals surface area contributed by atoms with Crippen LogP contribution in [0, 0.1) is 0 Å². The molecule has 6 heteroatoms. The third kappa shape index (κ3) is 3.05. The molecule has 0 atom stereocenters. The first kappa shape index (κ1) is 23.1. The molecule has 0 saturated carbocycles. The lowest BCUT2D eigenvalue weighted by molar-refractivity contribution is 1.39. The predicted octanol–water partition coefficient (Wildman–Crippen LogP) is 7.29. The zero-order chi connectivity index (χ0) is 20.7. The van der Waals surface area contributed by atoms with Crippen LogP contribution in [0.3, 0.4) is 0 Å². The number of rotatable bonds is 7. The third-order valence-corrected chi connectivity index (χ3v) is 49.5. The van der Waals surface area contributed by atoms with E-state index >= 15 is 0 Å². The Bertz CT molecular complexity index is 563. The summed E-state index contributed by atoms with van der Waals surface area (Å²) in [6.07, 6.45) is 0. The number of hydrogen-bond acceptors (Lipinski definition) is 0. The molecule has 2 rings (SSSR count). The summed E-state index contributed by atoms with van der Waals surface area (Å²) in [5.74, 6) is 0. The van der Waals surface area contributed by atoms with Gasteiger partial charge in [-0.2, -0.15) is 0 Å². The van der Waals surface area contributed by atoms with Crippen molar-refractivity contribution in [2.24, 2.45) is 0 Å². The smallest absolute Gasteiger partial charge is 0.0962 e. The molecule has 150 valence electrons. The van der Waals surface area contributed by atoms with Gasteiger partial charge < -0.3 is 0 Å². The maximum Gasteiger partial charge on any atom is 0.0998 e. The van der Waals surface area contributed by atoms with E-state index in [1.54, 1.807) is 12.1 Å². The Labute approximate surface area is 170 Å². The topological polar surface area (TPSA) is 0 Å². The zero-order valence-electron chi connectivity index (χ0n) is 20.4. The van der Waals surface area contributed by atoms with Crippen LogP contribution in [0.5, 0.6) is 0 Å². The molecule has 0 unspecified atom stereocenters. The van der Waals surface area contributed by atoms with E-state index < -0.39 is 47.5 Å². The summed E-state index contributed by atoms with van der Waals surface area (Å²) >= 11 is 0. The van der Waals surface area contributed by atoms with E-state index in [0.717, 1.165) is 0 Å². The third-order valence-electron chi connectivity index (χ3n) is 6.87. The van der Waals surface area contributed by atoms with E-state index in [1.165, 1.54) is 0 Å². The molecule has 0 aliphatic carbocycles. The molecule has 2 heterocycles. The normalized spacial score (nSPS) is 22.8. The minimum absolute atomic E-state index is 1.20. The minimum Gasteiger partial charge on any atom is -0.0962 e. The molecule has 0 aromatic carbocycles. The van der Waals surface area contributed by atoms with Crippen LogP contribution < -0.4 is 0 Å². The summed E-state index contributed by atoms with van der Waals surface area (Å²) in [5.41, 5.74) is 0. The molecule has 0 aromatic rings. The van der Waals surface area contributed by atoms with E-state index in [4.69, 9.17) is 0 Å². The van der Waals surface area contributed by atoms with Gasteiger partial charge in [-0.05, 0) is 0 Å². The number of hydrogen-bond donors (Lipinski definition) is 0. The van der Waals surface area contributed by atoms with Crippen LogP contribution in [0.2, 0.25) is 90.7 Å². The van der Waals surface area contributed by atoms with E-state index in [-0.39, 0.29) is 0 Å². The van der Waals surface area contributed by atoms with Gasteiger partial charge in [0.05, 0.1) is 47.5 Å². The van der Waals surface area contributed by atoms with Crippen molar-refractivity contribution in [1.82, 2.24) is 0 Å². The summed E-state index contributed by atoms with van der Waals surface area (Å²) in [6.45, 7) is 37.3. The second-order valence-electron chi connectivity index (χ2n) is 13.0. The molecule has 2 aliphatic heterocycles. The Kier molecular flexibility index (Phi) is 5.45. The van der Waals surface area contributed by atoms with Crippen LogP contribution in [-0.4, -0.2) is 47.5 Å².